The summed E-state index contributed by atoms with van der Waals surface area (Å²) in [4.78, 5) is 56.9. The molecule has 1 saturated heterocycles. The van der Waals surface area contributed by atoms with Crippen molar-refractivity contribution >= 4 is 34.8 Å². The van der Waals surface area contributed by atoms with Gasteiger partial charge in [-0.1, -0.05) is 96.6 Å². The van der Waals surface area contributed by atoms with E-state index in [1.165, 1.54) is 18.2 Å². The normalized spacial score (nSPS) is 21.5. The molecule has 0 amide bonds. The van der Waals surface area contributed by atoms with E-state index in [4.69, 9.17) is 0 Å². The highest BCUT2D eigenvalue weighted by Gasteiger charge is 2.71. The van der Waals surface area contributed by atoms with Crippen molar-refractivity contribution in [2.45, 2.75) is 24.9 Å². The van der Waals surface area contributed by atoms with Crippen LogP contribution in [0.1, 0.15) is 53.7 Å². The number of benzene rings is 4. The minimum atomic E-state index is -1.61. The first-order valence-electron chi connectivity index (χ1n) is 13.4. The van der Waals surface area contributed by atoms with Crippen LogP contribution in [0.2, 0.25) is 0 Å². The number of hydrogen-bond acceptors (Lipinski definition) is 6. The van der Waals surface area contributed by atoms with E-state index < -0.39 is 28.3 Å². The lowest BCUT2D eigenvalue weighted by Crippen LogP contribution is -2.48. The van der Waals surface area contributed by atoms with E-state index in [9.17, 15) is 24.5 Å². The minimum absolute atomic E-state index is 0.152. The molecular weight excluding hydrogens is 516 g/mol. The van der Waals surface area contributed by atoms with Crippen LogP contribution in [0.15, 0.2) is 103 Å². The molecule has 7 heteroatoms. The van der Waals surface area contributed by atoms with Gasteiger partial charge in [-0.3, -0.25) is 24.5 Å². The fourth-order valence-electron chi connectivity index (χ4n) is 7.01. The predicted molar refractivity (Wildman–Crippen MR) is 154 cm³/mol. The van der Waals surface area contributed by atoms with E-state index in [-0.39, 0.29) is 28.6 Å². The number of nitro benzene ring substituents is 1. The fraction of sp³-hybridized carbons (Fsp3) is 0.147. The molecule has 7 rings (SSSR count). The van der Waals surface area contributed by atoms with Crippen LogP contribution in [0, 0.1) is 22.5 Å². The van der Waals surface area contributed by atoms with E-state index in [0.717, 1.165) is 16.8 Å². The summed E-state index contributed by atoms with van der Waals surface area (Å²) in [6.45, 7) is 1.95. The van der Waals surface area contributed by atoms with Gasteiger partial charge in [0, 0.05) is 40.4 Å². The fourth-order valence-corrected chi connectivity index (χ4v) is 7.01. The number of ketones is 3. The number of fused-ring (bicyclic) bond motifs is 5. The molecule has 7 nitrogen and oxygen atoms in total. The Morgan fingerprint density at radius 1 is 0.854 bits per heavy atom. The summed E-state index contributed by atoms with van der Waals surface area (Å²) in [5.74, 6) is -1.86. The molecule has 0 saturated carbocycles. The van der Waals surface area contributed by atoms with Gasteiger partial charge in [-0.25, -0.2) is 0 Å². The lowest BCUT2D eigenvalue weighted by Gasteiger charge is -2.37. The first kappa shape index (κ1) is 24.8. The second kappa shape index (κ2) is 8.93. The molecule has 0 N–H and O–H groups in total. The molecule has 1 spiro atoms. The van der Waals surface area contributed by atoms with Crippen molar-refractivity contribution in [3.8, 4) is 0 Å². The van der Waals surface area contributed by atoms with Crippen molar-refractivity contribution < 1.29 is 19.3 Å². The Labute approximate surface area is 235 Å². The molecule has 3 atom stereocenters. The second-order valence-corrected chi connectivity index (χ2v) is 10.8. The second-order valence-electron chi connectivity index (χ2n) is 10.8. The molecule has 0 bridgehead atoms. The molecule has 41 heavy (non-hydrogen) atoms. The standard InChI is InChI=1S/C34H24N2O5/c1-20-13-15-22(16-14-20)29-30(31(37)23-8-6-9-24(19-23)36(40)41)35-27-12-5-2-7-21(27)17-18-28(35)34(29)32(38)25-10-3-4-11-26(25)33(34)39/h2-19,28-30H,1H3. The van der Waals surface area contributed by atoms with Crippen molar-refractivity contribution in [3.05, 3.63) is 147 Å². The first-order valence-corrected chi connectivity index (χ1v) is 13.4. The number of nitro groups is 1. The molecule has 1 aliphatic carbocycles. The van der Waals surface area contributed by atoms with Crippen molar-refractivity contribution in [2.75, 3.05) is 4.90 Å². The van der Waals surface area contributed by atoms with Crippen molar-refractivity contribution in [3.63, 3.8) is 0 Å². The number of carbonyl (C=O) groups is 3. The highest BCUT2D eigenvalue weighted by atomic mass is 16.6. The Morgan fingerprint density at radius 2 is 1.51 bits per heavy atom. The number of Topliss-reactive ketones (excluding diaryl/α,β-unsaturated/α-hetero) is 3. The van der Waals surface area contributed by atoms with Gasteiger partial charge in [-0.15, -0.1) is 0 Å². The lowest BCUT2D eigenvalue weighted by atomic mass is 9.64. The van der Waals surface area contributed by atoms with Gasteiger partial charge in [0.2, 0.25) is 0 Å². The quantitative estimate of drug-likeness (QED) is 0.132. The van der Waals surface area contributed by atoms with Crippen LogP contribution >= 0.6 is 0 Å². The number of rotatable bonds is 4. The zero-order valence-electron chi connectivity index (χ0n) is 22.1. The van der Waals surface area contributed by atoms with Gasteiger partial charge in [0.15, 0.2) is 17.3 Å². The number of anilines is 1. The average molecular weight is 541 g/mol. The van der Waals surface area contributed by atoms with Crippen LogP contribution in [-0.2, 0) is 0 Å². The number of para-hydroxylation sites is 1. The van der Waals surface area contributed by atoms with Gasteiger partial charge >= 0.3 is 0 Å². The van der Waals surface area contributed by atoms with Crippen molar-refractivity contribution in [1.82, 2.24) is 0 Å². The number of non-ortho nitro benzene ring substituents is 1. The molecule has 3 unspecified atom stereocenters. The summed E-state index contributed by atoms with van der Waals surface area (Å²) in [6, 6.07) is 25.9. The van der Waals surface area contributed by atoms with Crippen molar-refractivity contribution in [2.24, 2.45) is 5.41 Å². The van der Waals surface area contributed by atoms with Gasteiger partial charge in [0.1, 0.15) is 11.5 Å². The Balaban J connectivity index is 1.54. The third-order valence-electron chi connectivity index (χ3n) is 8.76. The predicted octanol–water partition coefficient (Wildman–Crippen LogP) is 6.22. The van der Waals surface area contributed by atoms with Gasteiger partial charge < -0.3 is 4.90 Å². The Morgan fingerprint density at radius 3 is 2.20 bits per heavy atom. The van der Waals surface area contributed by atoms with Crippen LogP contribution in [-0.4, -0.2) is 34.4 Å². The molecule has 4 aromatic carbocycles. The van der Waals surface area contributed by atoms with E-state index in [2.05, 4.69) is 0 Å². The van der Waals surface area contributed by atoms with Crippen LogP contribution in [0.5, 0.6) is 0 Å². The van der Waals surface area contributed by atoms with Gasteiger partial charge in [0.25, 0.3) is 5.69 Å². The molecule has 4 aromatic rings. The third-order valence-corrected chi connectivity index (χ3v) is 8.76. The summed E-state index contributed by atoms with van der Waals surface area (Å²) in [6.07, 6.45) is 3.78. The maximum atomic E-state index is 14.7. The van der Waals surface area contributed by atoms with E-state index in [0.29, 0.717) is 16.7 Å². The molecule has 0 aromatic heterocycles. The summed E-state index contributed by atoms with van der Waals surface area (Å²) < 4.78 is 0. The Hall–Kier alpha value is -5.17. The molecule has 2 heterocycles. The maximum absolute atomic E-state index is 14.7. The topological polar surface area (TPSA) is 97.6 Å². The molecule has 1 fully saturated rings. The maximum Gasteiger partial charge on any atom is 0.270 e. The van der Waals surface area contributed by atoms with Crippen LogP contribution in [0.3, 0.4) is 0 Å². The monoisotopic (exact) mass is 540 g/mol. The SMILES string of the molecule is Cc1ccc(C2C(C(=O)c3cccc([N+](=O)[O-])c3)N3c4ccccc4C=CC3C23C(=O)c2ccccc2C3=O)cc1. The highest BCUT2D eigenvalue weighted by molar-refractivity contribution is 6.32. The van der Waals surface area contributed by atoms with Crippen LogP contribution in [0.25, 0.3) is 6.08 Å². The first-order chi connectivity index (χ1) is 19.8. The molecule has 3 aliphatic rings. The van der Waals surface area contributed by atoms with Gasteiger partial charge in [-0.05, 0) is 24.1 Å². The number of aryl methyl sites for hydroxylation is 1. The zero-order chi connectivity index (χ0) is 28.5. The van der Waals surface area contributed by atoms with Gasteiger partial charge in [-0.2, -0.15) is 0 Å². The summed E-state index contributed by atoms with van der Waals surface area (Å²) in [5.41, 5.74) is 2.32. The summed E-state index contributed by atoms with van der Waals surface area (Å²) in [7, 11) is 0. The molecule has 2 aliphatic heterocycles. The summed E-state index contributed by atoms with van der Waals surface area (Å²) in [5, 5.41) is 11.6. The number of nitrogens with zero attached hydrogens (tertiary/aromatic N) is 2. The number of hydrogen-bond donors (Lipinski definition) is 0. The minimum Gasteiger partial charge on any atom is -0.352 e. The Bertz CT molecular complexity index is 1790. The zero-order valence-corrected chi connectivity index (χ0v) is 22.1. The van der Waals surface area contributed by atoms with E-state index >= 15 is 0 Å². The smallest absolute Gasteiger partial charge is 0.270 e. The highest BCUT2D eigenvalue weighted by Crippen LogP contribution is 2.61. The molecule has 0 radical (unpaired) electrons. The average Bonchev–Trinajstić information content (AvgIpc) is 3.43. The van der Waals surface area contributed by atoms with Crippen molar-refractivity contribution in [1.29, 1.82) is 0 Å². The Kier molecular flexibility index (Phi) is 5.41. The number of carbonyl (C=O) groups excluding carboxylic acids is 3. The van der Waals surface area contributed by atoms with Crippen LogP contribution in [0.4, 0.5) is 11.4 Å². The van der Waals surface area contributed by atoms with E-state index in [1.54, 1.807) is 30.3 Å². The molecular formula is C34H24N2O5. The summed E-state index contributed by atoms with van der Waals surface area (Å²) >= 11 is 0. The largest absolute Gasteiger partial charge is 0.352 e. The third kappa shape index (κ3) is 3.35. The van der Waals surface area contributed by atoms with E-state index in [1.807, 2.05) is 72.5 Å². The van der Waals surface area contributed by atoms with Crippen LogP contribution < -0.4 is 4.90 Å². The van der Waals surface area contributed by atoms with Gasteiger partial charge in [0.05, 0.1) is 11.0 Å². The molecule has 200 valence electrons. The lowest BCUT2D eigenvalue weighted by molar-refractivity contribution is -0.384.